The van der Waals surface area contributed by atoms with Crippen LogP contribution in [0, 0.1) is 11.8 Å². The Hall–Kier alpha value is 0.611. The largest absolute Gasteiger partial charge is 0.328 e. The van der Waals surface area contributed by atoms with Crippen LogP contribution in [0.4, 0.5) is 0 Å². The molecule has 0 aromatic heterocycles. The highest BCUT2D eigenvalue weighted by Crippen LogP contribution is 2.01. The van der Waals surface area contributed by atoms with Gasteiger partial charge >= 0.3 is 0 Å². The van der Waals surface area contributed by atoms with Crippen molar-refractivity contribution in [2.75, 3.05) is 13.1 Å². The first-order valence-corrected chi connectivity index (χ1v) is 8.93. The van der Waals surface area contributed by atoms with E-state index in [2.05, 4.69) is 42.0 Å². The molecule has 0 heterocycles. The van der Waals surface area contributed by atoms with E-state index in [1.165, 1.54) is 13.1 Å². The lowest BCUT2D eigenvalue weighted by molar-refractivity contribution is 0.349. The predicted molar refractivity (Wildman–Crippen MR) is 58.5 cm³/mol. The summed E-state index contributed by atoms with van der Waals surface area (Å²) < 4.78 is 2.57. The van der Waals surface area contributed by atoms with Gasteiger partial charge in [0.05, 0.1) is 0 Å². The third-order valence-electron chi connectivity index (χ3n) is 1.39. The van der Waals surface area contributed by atoms with Crippen molar-refractivity contribution < 1.29 is 0 Å². The molecular weight excluding hydrogens is 194 g/mol. The van der Waals surface area contributed by atoms with Crippen molar-refractivity contribution in [3.05, 3.63) is 0 Å². The Morgan fingerprint density at radius 2 is 1.50 bits per heavy atom. The zero-order valence-corrected chi connectivity index (χ0v) is 11.5. The normalized spacial score (nSPS) is 12.0. The maximum atomic E-state index is 3.57. The molecule has 4 heteroatoms. The minimum Gasteiger partial charge on any atom is -0.328 e. The van der Waals surface area contributed by atoms with E-state index >= 15 is 0 Å². The molecular formula is C8H18NSi3. The lowest BCUT2D eigenvalue weighted by Crippen LogP contribution is -2.37. The third-order valence-corrected chi connectivity index (χ3v) is 4.47. The van der Waals surface area contributed by atoms with Crippen LogP contribution in [0.1, 0.15) is 27.7 Å². The summed E-state index contributed by atoms with van der Waals surface area (Å²) in [5.74, 6) is 1.58. The van der Waals surface area contributed by atoms with E-state index in [9.17, 15) is 0 Å². The Morgan fingerprint density at radius 1 is 1.08 bits per heavy atom. The molecule has 0 aliphatic heterocycles. The second-order valence-electron chi connectivity index (χ2n) is 3.93. The fourth-order valence-electron chi connectivity index (χ4n) is 1.13. The first kappa shape index (κ1) is 12.6. The lowest BCUT2D eigenvalue weighted by Gasteiger charge is -2.24. The van der Waals surface area contributed by atoms with Crippen LogP contribution in [-0.2, 0) is 0 Å². The van der Waals surface area contributed by atoms with Crippen LogP contribution in [0.2, 0.25) is 0 Å². The molecule has 0 unspecified atom stereocenters. The van der Waals surface area contributed by atoms with Gasteiger partial charge in [-0.3, -0.25) is 0 Å². The zero-order valence-electron chi connectivity index (χ0n) is 8.52. The summed E-state index contributed by atoms with van der Waals surface area (Å²) in [6.45, 7) is 11.6. The Kier molecular flexibility index (Phi) is 7.42. The minimum atomic E-state index is 0.791. The van der Waals surface area contributed by atoms with Crippen molar-refractivity contribution in [2.45, 2.75) is 27.7 Å². The van der Waals surface area contributed by atoms with Crippen LogP contribution in [-0.4, -0.2) is 45.2 Å². The zero-order chi connectivity index (χ0) is 9.56. The van der Waals surface area contributed by atoms with Gasteiger partial charge in [-0.25, -0.2) is 0 Å². The Morgan fingerprint density at radius 3 is 1.75 bits per heavy atom. The van der Waals surface area contributed by atoms with Crippen LogP contribution >= 0.6 is 0 Å². The molecule has 0 aromatic carbocycles. The smallest absolute Gasteiger partial charge is 0.116 e. The standard InChI is InChI=1S/C8H18NSi3/c1-7(2)5-9(11-12-10)6-8(3)4/h7-8H,5-6H2,1-4H3. The van der Waals surface area contributed by atoms with Crippen LogP contribution in [0.5, 0.6) is 0 Å². The molecule has 0 saturated heterocycles. The van der Waals surface area contributed by atoms with E-state index < -0.39 is 0 Å². The van der Waals surface area contributed by atoms with Crippen LogP contribution < -0.4 is 0 Å². The van der Waals surface area contributed by atoms with Gasteiger partial charge in [-0.2, -0.15) is 0 Å². The molecule has 0 amide bonds. The second-order valence-corrected chi connectivity index (χ2v) is 8.71. The van der Waals surface area contributed by atoms with Crippen molar-refractivity contribution >= 4 is 27.5 Å². The van der Waals surface area contributed by atoms with E-state index in [1.807, 2.05) is 0 Å². The van der Waals surface area contributed by atoms with Gasteiger partial charge < -0.3 is 4.57 Å². The molecule has 1 nitrogen and oxygen atoms in total. The fraction of sp³-hybridized carbons (Fsp3) is 1.00. The molecule has 67 valence electrons. The molecule has 0 aromatic rings. The average molecular weight is 212 g/mol. The lowest BCUT2D eigenvalue weighted by atomic mass is 10.2. The van der Waals surface area contributed by atoms with E-state index in [0.717, 1.165) is 29.6 Å². The van der Waals surface area contributed by atoms with Crippen molar-refractivity contribution in [1.82, 2.24) is 4.57 Å². The molecule has 0 spiro atoms. The van der Waals surface area contributed by atoms with Crippen molar-refractivity contribution in [3.63, 3.8) is 0 Å². The monoisotopic (exact) mass is 212 g/mol. The van der Waals surface area contributed by atoms with E-state index in [-0.39, 0.29) is 0 Å². The SMILES string of the molecule is CC(C)CN(CC(C)C)[Si][Si][Si]. The molecule has 7 radical (unpaired) electrons. The van der Waals surface area contributed by atoms with Gasteiger partial charge in [0.2, 0.25) is 0 Å². The Labute approximate surface area is 85.0 Å². The molecule has 12 heavy (non-hydrogen) atoms. The second kappa shape index (κ2) is 7.06. The Bertz CT molecular complexity index is 96.5. The van der Waals surface area contributed by atoms with Crippen molar-refractivity contribution in [2.24, 2.45) is 11.8 Å². The predicted octanol–water partition coefficient (Wildman–Crippen LogP) is 0.922. The Balaban J connectivity index is 3.69. The quantitative estimate of drug-likeness (QED) is 0.592. The molecule has 0 N–H and O–H groups in total. The van der Waals surface area contributed by atoms with Crippen LogP contribution in [0.25, 0.3) is 0 Å². The third kappa shape index (κ3) is 7.27. The van der Waals surface area contributed by atoms with Gasteiger partial charge in [-0.05, 0) is 24.9 Å². The number of nitrogens with zero attached hydrogens (tertiary/aromatic N) is 1. The molecule has 0 saturated carbocycles. The van der Waals surface area contributed by atoms with Gasteiger partial charge in [-0.1, -0.05) is 27.7 Å². The number of hydrogen-bond donors (Lipinski definition) is 0. The van der Waals surface area contributed by atoms with Crippen LogP contribution in [0.3, 0.4) is 0 Å². The van der Waals surface area contributed by atoms with E-state index in [1.54, 1.807) is 0 Å². The average Bonchev–Trinajstić information content (AvgIpc) is 1.84. The van der Waals surface area contributed by atoms with Gasteiger partial charge in [0.15, 0.2) is 0 Å². The maximum absolute atomic E-state index is 3.57. The minimum absolute atomic E-state index is 0.791. The summed E-state index contributed by atoms with van der Waals surface area (Å²) in [5.41, 5.74) is 0. The first-order chi connectivity index (χ1) is 5.56. The summed E-state index contributed by atoms with van der Waals surface area (Å²) in [4.78, 5) is 0. The molecule has 0 atom stereocenters. The van der Waals surface area contributed by atoms with Gasteiger partial charge in [0.25, 0.3) is 0 Å². The maximum Gasteiger partial charge on any atom is 0.116 e. The highest BCUT2D eigenvalue weighted by atomic mass is 29.5. The topological polar surface area (TPSA) is 3.24 Å². The molecule has 0 aliphatic rings. The van der Waals surface area contributed by atoms with Gasteiger partial charge in [0, 0.05) is 18.3 Å². The summed E-state index contributed by atoms with van der Waals surface area (Å²) in [5, 5.41) is 0. The summed E-state index contributed by atoms with van der Waals surface area (Å²) >= 11 is 0. The van der Waals surface area contributed by atoms with Crippen molar-refractivity contribution in [1.29, 1.82) is 0 Å². The molecule has 0 rings (SSSR count). The molecule has 0 aliphatic carbocycles. The number of rotatable bonds is 6. The van der Waals surface area contributed by atoms with Crippen LogP contribution in [0.15, 0.2) is 0 Å². The molecule has 0 fully saturated rings. The first-order valence-electron chi connectivity index (χ1n) is 4.48. The van der Waals surface area contributed by atoms with E-state index in [0.29, 0.717) is 0 Å². The van der Waals surface area contributed by atoms with E-state index in [4.69, 9.17) is 0 Å². The molecule has 0 bridgehead atoms. The summed E-state index contributed by atoms with van der Waals surface area (Å²) in [7, 11) is 5.44. The van der Waals surface area contributed by atoms with Gasteiger partial charge in [0.1, 0.15) is 9.20 Å². The fourth-order valence-corrected chi connectivity index (χ4v) is 4.64. The van der Waals surface area contributed by atoms with Gasteiger partial charge in [-0.15, -0.1) is 0 Å². The number of hydrogen-bond acceptors (Lipinski definition) is 1. The highest BCUT2D eigenvalue weighted by molar-refractivity contribution is 7.22. The van der Waals surface area contributed by atoms with Crippen molar-refractivity contribution in [3.8, 4) is 0 Å². The highest BCUT2D eigenvalue weighted by Gasteiger charge is 2.08. The summed E-state index contributed by atoms with van der Waals surface area (Å²) in [6.07, 6.45) is 0. The summed E-state index contributed by atoms with van der Waals surface area (Å²) in [6, 6.07) is 0.